The molecule has 0 bridgehead atoms. The fourth-order valence-electron chi connectivity index (χ4n) is 1.55. The fourth-order valence-corrected chi connectivity index (χ4v) is 1.55. The zero-order valence-electron chi connectivity index (χ0n) is 7.16. The highest BCUT2D eigenvalue weighted by Crippen LogP contribution is 2.32. The summed E-state index contributed by atoms with van der Waals surface area (Å²) < 4.78 is 1.98. The molecule has 1 aliphatic carbocycles. The molecule has 12 heavy (non-hydrogen) atoms. The molecule has 0 radical (unpaired) electrons. The number of nitrogens with zero attached hydrogens (tertiary/aromatic N) is 2. The Kier molecular flexibility index (Phi) is 1.71. The van der Waals surface area contributed by atoms with Crippen LogP contribution in [0.1, 0.15) is 41.4 Å². The number of aldehydes is 1. The number of carbonyl (C=O) groups excluding carboxylic acids is 1. The van der Waals surface area contributed by atoms with Crippen LogP contribution in [0.25, 0.3) is 0 Å². The highest BCUT2D eigenvalue weighted by Gasteiger charge is 2.22. The molecule has 64 valence electrons. The molecule has 1 heterocycles. The van der Waals surface area contributed by atoms with Crippen LogP contribution in [-0.4, -0.2) is 16.1 Å². The molecule has 2 rings (SSSR count). The summed E-state index contributed by atoms with van der Waals surface area (Å²) in [5.74, 6) is 0. The Hall–Kier alpha value is -1.12. The van der Waals surface area contributed by atoms with Gasteiger partial charge in [-0.15, -0.1) is 0 Å². The number of hydrogen-bond donors (Lipinski definition) is 0. The van der Waals surface area contributed by atoms with Gasteiger partial charge >= 0.3 is 0 Å². The van der Waals surface area contributed by atoms with Gasteiger partial charge in [0.2, 0.25) is 0 Å². The highest BCUT2D eigenvalue weighted by molar-refractivity contribution is 5.75. The standard InChI is InChI=1S/C9H12N2O/c1-7-8(6-12)5-10-11(7)9-3-2-4-9/h5-6,9H,2-4H2,1H3. The van der Waals surface area contributed by atoms with Crippen LogP contribution in [0.4, 0.5) is 0 Å². The number of rotatable bonds is 2. The lowest BCUT2D eigenvalue weighted by molar-refractivity contribution is 0.112. The normalized spacial score (nSPS) is 17.4. The molecular weight excluding hydrogens is 152 g/mol. The quantitative estimate of drug-likeness (QED) is 0.624. The number of hydrogen-bond acceptors (Lipinski definition) is 2. The van der Waals surface area contributed by atoms with Crippen molar-refractivity contribution < 1.29 is 4.79 Å². The molecule has 1 fully saturated rings. The maximum atomic E-state index is 10.5. The summed E-state index contributed by atoms with van der Waals surface area (Å²) in [5.41, 5.74) is 1.73. The van der Waals surface area contributed by atoms with Crippen molar-refractivity contribution in [3.8, 4) is 0 Å². The largest absolute Gasteiger partial charge is 0.298 e. The maximum Gasteiger partial charge on any atom is 0.153 e. The van der Waals surface area contributed by atoms with Crippen molar-refractivity contribution in [2.24, 2.45) is 0 Å². The van der Waals surface area contributed by atoms with E-state index in [0.717, 1.165) is 17.5 Å². The van der Waals surface area contributed by atoms with Gasteiger partial charge in [0.1, 0.15) is 0 Å². The van der Waals surface area contributed by atoms with Crippen molar-refractivity contribution in [3.63, 3.8) is 0 Å². The first-order chi connectivity index (χ1) is 5.83. The van der Waals surface area contributed by atoms with Crippen LogP contribution in [0.15, 0.2) is 6.20 Å². The zero-order chi connectivity index (χ0) is 8.55. The van der Waals surface area contributed by atoms with E-state index in [2.05, 4.69) is 5.10 Å². The lowest BCUT2D eigenvalue weighted by Crippen LogP contribution is -2.19. The van der Waals surface area contributed by atoms with Crippen molar-refractivity contribution in [3.05, 3.63) is 17.5 Å². The molecule has 3 heteroatoms. The van der Waals surface area contributed by atoms with Gasteiger partial charge in [-0.3, -0.25) is 9.48 Å². The monoisotopic (exact) mass is 164 g/mol. The maximum absolute atomic E-state index is 10.5. The summed E-state index contributed by atoms with van der Waals surface area (Å²) in [6.45, 7) is 1.95. The van der Waals surface area contributed by atoms with E-state index in [0.29, 0.717) is 6.04 Å². The van der Waals surface area contributed by atoms with E-state index < -0.39 is 0 Å². The zero-order valence-corrected chi connectivity index (χ0v) is 7.16. The molecule has 0 unspecified atom stereocenters. The first kappa shape index (κ1) is 7.53. The predicted molar refractivity (Wildman–Crippen MR) is 45.2 cm³/mol. The van der Waals surface area contributed by atoms with Gasteiger partial charge in [-0.05, 0) is 26.2 Å². The molecule has 0 aliphatic heterocycles. The minimum Gasteiger partial charge on any atom is -0.298 e. The molecular formula is C9H12N2O. The first-order valence-corrected chi connectivity index (χ1v) is 4.32. The van der Waals surface area contributed by atoms with Crippen LogP contribution in [0, 0.1) is 6.92 Å². The van der Waals surface area contributed by atoms with E-state index in [1.807, 2.05) is 11.6 Å². The molecule has 1 saturated carbocycles. The minimum absolute atomic E-state index is 0.554. The van der Waals surface area contributed by atoms with Crippen molar-refractivity contribution in [1.82, 2.24) is 9.78 Å². The Morgan fingerprint density at radius 1 is 1.67 bits per heavy atom. The van der Waals surface area contributed by atoms with Gasteiger partial charge in [0.15, 0.2) is 6.29 Å². The topological polar surface area (TPSA) is 34.9 Å². The van der Waals surface area contributed by atoms with Gasteiger partial charge in [-0.25, -0.2) is 0 Å². The second-order valence-corrected chi connectivity index (χ2v) is 3.33. The van der Waals surface area contributed by atoms with E-state index in [9.17, 15) is 4.79 Å². The Morgan fingerprint density at radius 2 is 2.42 bits per heavy atom. The molecule has 0 amide bonds. The van der Waals surface area contributed by atoms with Gasteiger partial charge in [0, 0.05) is 5.69 Å². The summed E-state index contributed by atoms with van der Waals surface area (Å²) in [4.78, 5) is 10.5. The molecule has 0 N–H and O–H groups in total. The molecule has 0 spiro atoms. The number of carbonyl (C=O) groups is 1. The van der Waals surface area contributed by atoms with Crippen LogP contribution >= 0.6 is 0 Å². The lowest BCUT2D eigenvalue weighted by Gasteiger charge is -2.26. The van der Waals surface area contributed by atoms with Gasteiger partial charge < -0.3 is 0 Å². The Balaban J connectivity index is 2.31. The Bertz CT molecular complexity index is 299. The van der Waals surface area contributed by atoms with Gasteiger partial charge in [-0.1, -0.05) is 0 Å². The van der Waals surface area contributed by atoms with E-state index in [4.69, 9.17) is 0 Å². The summed E-state index contributed by atoms with van der Waals surface area (Å²) in [6.07, 6.45) is 6.24. The van der Waals surface area contributed by atoms with E-state index in [-0.39, 0.29) is 0 Å². The van der Waals surface area contributed by atoms with E-state index >= 15 is 0 Å². The summed E-state index contributed by atoms with van der Waals surface area (Å²) in [6, 6.07) is 0.554. The average Bonchev–Trinajstić information content (AvgIpc) is 2.30. The lowest BCUT2D eigenvalue weighted by atomic mass is 9.93. The van der Waals surface area contributed by atoms with Crippen LogP contribution in [0.5, 0.6) is 0 Å². The van der Waals surface area contributed by atoms with E-state index in [1.54, 1.807) is 6.20 Å². The second-order valence-electron chi connectivity index (χ2n) is 3.33. The highest BCUT2D eigenvalue weighted by atomic mass is 16.1. The van der Waals surface area contributed by atoms with Crippen LogP contribution in [0.2, 0.25) is 0 Å². The molecule has 1 aromatic rings. The van der Waals surface area contributed by atoms with Crippen molar-refractivity contribution in [2.75, 3.05) is 0 Å². The molecule has 0 saturated heterocycles. The van der Waals surface area contributed by atoms with Gasteiger partial charge in [0.05, 0.1) is 17.8 Å². The summed E-state index contributed by atoms with van der Waals surface area (Å²) in [5, 5.41) is 4.19. The smallest absolute Gasteiger partial charge is 0.153 e. The van der Waals surface area contributed by atoms with E-state index in [1.165, 1.54) is 19.3 Å². The van der Waals surface area contributed by atoms with Crippen LogP contribution in [0.3, 0.4) is 0 Å². The molecule has 0 atom stereocenters. The van der Waals surface area contributed by atoms with Gasteiger partial charge in [0.25, 0.3) is 0 Å². The van der Waals surface area contributed by atoms with Crippen LogP contribution < -0.4 is 0 Å². The summed E-state index contributed by atoms with van der Waals surface area (Å²) >= 11 is 0. The van der Waals surface area contributed by atoms with Gasteiger partial charge in [-0.2, -0.15) is 5.10 Å². The Labute approximate surface area is 71.4 Å². The van der Waals surface area contributed by atoms with Crippen LogP contribution in [-0.2, 0) is 0 Å². The predicted octanol–water partition coefficient (Wildman–Crippen LogP) is 1.73. The Morgan fingerprint density at radius 3 is 2.83 bits per heavy atom. The summed E-state index contributed by atoms with van der Waals surface area (Å²) in [7, 11) is 0. The van der Waals surface area contributed by atoms with Crippen molar-refractivity contribution >= 4 is 6.29 Å². The number of aromatic nitrogens is 2. The molecule has 0 aromatic carbocycles. The third-order valence-corrected chi connectivity index (χ3v) is 2.63. The SMILES string of the molecule is Cc1c(C=O)cnn1C1CCC1. The van der Waals surface area contributed by atoms with Crippen molar-refractivity contribution in [2.45, 2.75) is 32.2 Å². The molecule has 1 aromatic heterocycles. The molecule has 1 aliphatic rings. The molecule has 3 nitrogen and oxygen atoms in total. The third kappa shape index (κ3) is 0.967. The fraction of sp³-hybridized carbons (Fsp3) is 0.556. The second kappa shape index (κ2) is 2.73. The minimum atomic E-state index is 0.554. The average molecular weight is 164 g/mol. The first-order valence-electron chi connectivity index (χ1n) is 4.32. The third-order valence-electron chi connectivity index (χ3n) is 2.63. The van der Waals surface area contributed by atoms with Crippen molar-refractivity contribution in [1.29, 1.82) is 0 Å².